The summed E-state index contributed by atoms with van der Waals surface area (Å²) in [6.45, 7) is 0.411. The number of hydrogen-bond acceptors (Lipinski definition) is 3. The van der Waals surface area contributed by atoms with E-state index < -0.39 is 0 Å². The van der Waals surface area contributed by atoms with Crippen molar-refractivity contribution in [3.8, 4) is 0 Å². The van der Waals surface area contributed by atoms with Gasteiger partial charge in [0.2, 0.25) is 5.91 Å². The molecule has 1 aromatic carbocycles. The standard InChI is InChI=1S/C15H19N3O2/c1-18-10-9-16-15(18)14(12-6-4-3-5-7-12)17-13(19)8-11-20-2/h3-7,9-10,14H,8,11H2,1-2H3,(H,17,19). The maximum Gasteiger partial charge on any atom is 0.223 e. The van der Waals surface area contributed by atoms with E-state index in [4.69, 9.17) is 4.74 Å². The molecule has 1 unspecified atom stereocenters. The smallest absolute Gasteiger partial charge is 0.223 e. The van der Waals surface area contributed by atoms with Gasteiger partial charge >= 0.3 is 0 Å². The van der Waals surface area contributed by atoms with E-state index in [2.05, 4.69) is 10.3 Å². The van der Waals surface area contributed by atoms with E-state index in [-0.39, 0.29) is 11.9 Å². The second kappa shape index (κ2) is 6.86. The number of nitrogens with zero attached hydrogens (tertiary/aromatic N) is 2. The van der Waals surface area contributed by atoms with Crippen LogP contribution in [0.4, 0.5) is 0 Å². The number of aromatic nitrogens is 2. The Hall–Kier alpha value is -2.14. The van der Waals surface area contributed by atoms with Crippen molar-refractivity contribution in [2.75, 3.05) is 13.7 Å². The van der Waals surface area contributed by atoms with Gasteiger partial charge in [0.1, 0.15) is 11.9 Å². The largest absolute Gasteiger partial charge is 0.384 e. The highest BCUT2D eigenvalue weighted by Gasteiger charge is 2.20. The number of benzene rings is 1. The zero-order valence-electron chi connectivity index (χ0n) is 11.7. The van der Waals surface area contributed by atoms with Crippen LogP contribution in [0.5, 0.6) is 0 Å². The molecule has 0 fully saturated rings. The van der Waals surface area contributed by atoms with Gasteiger partial charge in [-0.1, -0.05) is 30.3 Å². The van der Waals surface area contributed by atoms with Gasteiger partial charge in [-0.2, -0.15) is 0 Å². The van der Waals surface area contributed by atoms with Crippen LogP contribution in [0.15, 0.2) is 42.7 Å². The van der Waals surface area contributed by atoms with E-state index in [0.29, 0.717) is 13.0 Å². The average Bonchev–Trinajstić information content (AvgIpc) is 2.89. The number of carbonyl (C=O) groups excluding carboxylic acids is 1. The van der Waals surface area contributed by atoms with Gasteiger partial charge in [-0.25, -0.2) is 4.98 Å². The predicted molar refractivity (Wildman–Crippen MR) is 76.1 cm³/mol. The molecule has 1 heterocycles. The Morgan fingerprint density at radius 1 is 1.40 bits per heavy atom. The Balaban J connectivity index is 2.22. The van der Waals surface area contributed by atoms with Gasteiger partial charge in [0.05, 0.1) is 6.61 Å². The van der Waals surface area contributed by atoms with Crippen LogP contribution < -0.4 is 5.32 Å². The molecule has 0 radical (unpaired) electrons. The van der Waals surface area contributed by atoms with E-state index in [0.717, 1.165) is 11.4 Å². The van der Waals surface area contributed by atoms with Gasteiger partial charge in [0, 0.05) is 33.0 Å². The number of aryl methyl sites for hydroxylation is 1. The molecule has 0 saturated heterocycles. The van der Waals surface area contributed by atoms with Crippen molar-refractivity contribution >= 4 is 5.91 Å². The lowest BCUT2D eigenvalue weighted by Gasteiger charge is -2.19. The highest BCUT2D eigenvalue weighted by Crippen LogP contribution is 2.20. The summed E-state index contributed by atoms with van der Waals surface area (Å²) in [5.74, 6) is 0.755. The number of nitrogens with one attached hydrogen (secondary N) is 1. The topological polar surface area (TPSA) is 56.1 Å². The number of rotatable bonds is 6. The minimum absolute atomic E-state index is 0.0521. The predicted octanol–water partition coefficient (Wildman–Crippen LogP) is 1.66. The number of hydrogen-bond donors (Lipinski definition) is 1. The SMILES string of the molecule is COCCC(=O)NC(c1ccccc1)c1nccn1C. The number of ether oxygens (including phenoxy) is 1. The molecule has 2 aromatic rings. The lowest BCUT2D eigenvalue weighted by Crippen LogP contribution is -2.31. The Morgan fingerprint density at radius 2 is 2.15 bits per heavy atom. The van der Waals surface area contributed by atoms with Crippen LogP contribution in [-0.2, 0) is 16.6 Å². The molecular weight excluding hydrogens is 254 g/mol. The van der Waals surface area contributed by atoms with Crippen molar-refractivity contribution in [2.45, 2.75) is 12.5 Å². The molecule has 0 aliphatic carbocycles. The third-order valence-electron chi connectivity index (χ3n) is 3.09. The molecule has 0 bridgehead atoms. The van der Waals surface area contributed by atoms with Gasteiger partial charge < -0.3 is 14.6 Å². The number of carbonyl (C=O) groups is 1. The first kappa shape index (κ1) is 14.3. The molecule has 1 N–H and O–H groups in total. The Labute approximate surface area is 118 Å². The fourth-order valence-corrected chi connectivity index (χ4v) is 2.03. The van der Waals surface area contributed by atoms with E-state index >= 15 is 0 Å². The summed E-state index contributed by atoms with van der Waals surface area (Å²) in [5.41, 5.74) is 1.01. The molecule has 1 atom stereocenters. The van der Waals surface area contributed by atoms with E-state index in [1.165, 1.54) is 0 Å². The van der Waals surface area contributed by atoms with E-state index in [1.807, 2.05) is 48.1 Å². The van der Waals surface area contributed by atoms with E-state index in [1.54, 1.807) is 13.3 Å². The van der Waals surface area contributed by atoms with Gasteiger partial charge in [0.25, 0.3) is 0 Å². The van der Waals surface area contributed by atoms with Crippen LogP contribution in [-0.4, -0.2) is 29.2 Å². The first-order valence-corrected chi connectivity index (χ1v) is 6.53. The van der Waals surface area contributed by atoms with Crippen molar-refractivity contribution in [2.24, 2.45) is 7.05 Å². The molecule has 5 nitrogen and oxygen atoms in total. The van der Waals surface area contributed by atoms with Crippen LogP contribution >= 0.6 is 0 Å². The maximum absolute atomic E-state index is 12.0. The fraction of sp³-hybridized carbons (Fsp3) is 0.333. The van der Waals surface area contributed by atoms with Crippen molar-refractivity contribution in [1.29, 1.82) is 0 Å². The fourth-order valence-electron chi connectivity index (χ4n) is 2.03. The Bertz CT molecular complexity index is 551. The monoisotopic (exact) mass is 273 g/mol. The Morgan fingerprint density at radius 3 is 2.75 bits per heavy atom. The average molecular weight is 273 g/mol. The first-order valence-electron chi connectivity index (χ1n) is 6.53. The summed E-state index contributed by atoms with van der Waals surface area (Å²) in [4.78, 5) is 16.3. The third-order valence-corrected chi connectivity index (χ3v) is 3.09. The summed E-state index contributed by atoms with van der Waals surface area (Å²) in [6, 6.07) is 9.57. The van der Waals surface area contributed by atoms with Crippen LogP contribution in [0.1, 0.15) is 23.9 Å². The molecule has 0 aliphatic heterocycles. The zero-order valence-corrected chi connectivity index (χ0v) is 11.7. The number of amides is 1. The molecule has 1 aromatic heterocycles. The van der Waals surface area contributed by atoms with Crippen LogP contribution in [0, 0.1) is 0 Å². The molecule has 1 amide bonds. The molecule has 2 rings (SSSR count). The van der Waals surface area contributed by atoms with Crippen LogP contribution in [0.3, 0.4) is 0 Å². The minimum atomic E-state index is -0.249. The third kappa shape index (κ3) is 3.45. The Kier molecular flexibility index (Phi) is 4.90. The molecule has 5 heteroatoms. The van der Waals surface area contributed by atoms with Crippen molar-refractivity contribution in [3.05, 3.63) is 54.1 Å². The first-order chi connectivity index (χ1) is 9.72. The highest BCUT2D eigenvalue weighted by molar-refractivity contribution is 5.76. The van der Waals surface area contributed by atoms with Crippen LogP contribution in [0.2, 0.25) is 0 Å². The molecule has 20 heavy (non-hydrogen) atoms. The molecule has 0 saturated carbocycles. The lowest BCUT2D eigenvalue weighted by molar-refractivity contribution is -0.122. The van der Waals surface area contributed by atoms with Gasteiger partial charge in [0.15, 0.2) is 0 Å². The van der Waals surface area contributed by atoms with E-state index in [9.17, 15) is 4.79 Å². The summed E-state index contributed by atoms with van der Waals surface area (Å²) in [5, 5.41) is 3.01. The lowest BCUT2D eigenvalue weighted by atomic mass is 10.1. The zero-order chi connectivity index (χ0) is 14.4. The molecule has 0 aliphatic rings. The number of imidazole rings is 1. The normalized spacial score (nSPS) is 12.1. The summed E-state index contributed by atoms with van der Waals surface area (Å²) in [7, 11) is 3.50. The molecular formula is C15H19N3O2. The van der Waals surface area contributed by atoms with Crippen molar-refractivity contribution in [3.63, 3.8) is 0 Å². The van der Waals surface area contributed by atoms with Gasteiger partial charge in [-0.05, 0) is 5.56 Å². The second-order valence-electron chi connectivity index (χ2n) is 4.55. The molecule has 0 spiro atoms. The minimum Gasteiger partial charge on any atom is -0.384 e. The maximum atomic E-state index is 12.0. The van der Waals surface area contributed by atoms with Crippen molar-refractivity contribution < 1.29 is 9.53 Å². The van der Waals surface area contributed by atoms with Crippen LogP contribution in [0.25, 0.3) is 0 Å². The highest BCUT2D eigenvalue weighted by atomic mass is 16.5. The summed E-state index contributed by atoms with van der Waals surface area (Å²) >= 11 is 0. The van der Waals surface area contributed by atoms with Gasteiger partial charge in [-0.15, -0.1) is 0 Å². The quantitative estimate of drug-likeness (QED) is 0.871. The number of methoxy groups -OCH3 is 1. The summed E-state index contributed by atoms with van der Waals surface area (Å²) < 4.78 is 6.84. The molecule has 106 valence electrons. The summed E-state index contributed by atoms with van der Waals surface area (Å²) in [6.07, 6.45) is 3.93. The second-order valence-corrected chi connectivity index (χ2v) is 4.55. The van der Waals surface area contributed by atoms with Crippen molar-refractivity contribution in [1.82, 2.24) is 14.9 Å². The van der Waals surface area contributed by atoms with Gasteiger partial charge in [-0.3, -0.25) is 4.79 Å².